The molecule has 0 atom stereocenters. The molecule has 0 aliphatic carbocycles. The van der Waals surface area contributed by atoms with Gasteiger partial charge in [-0.1, -0.05) is 12.1 Å². The van der Waals surface area contributed by atoms with Crippen molar-refractivity contribution in [2.24, 2.45) is 5.10 Å². The van der Waals surface area contributed by atoms with Crippen LogP contribution in [0.15, 0.2) is 70.2 Å². The van der Waals surface area contributed by atoms with E-state index < -0.39 is 5.97 Å². The fourth-order valence-electron chi connectivity index (χ4n) is 3.57. The SMILES string of the molecule is O=C(O)c1cccc(-c2ccc(/C=N\Nc3nc(Nc4ccc(F)cc4)nc(N4CCOCC4)n3)o2)c1. The van der Waals surface area contributed by atoms with Crippen molar-refractivity contribution in [3.8, 4) is 11.3 Å². The molecule has 12 heteroatoms. The summed E-state index contributed by atoms with van der Waals surface area (Å²) < 4.78 is 24.5. The lowest BCUT2D eigenvalue weighted by Crippen LogP contribution is -2.37. The first kappa shape index (κ1) is 23.9. The van der Waals surface area contributed by atoms with Crippen molar-refractivity contribution in [2.75, 3.05) is 41.9 Å². The normalized spacial score (nSPS) is 13.6. The molecule has 0 spiro atoms. The third kappa shape index (κ3) is 6.05. The summed E-state index contributed by atoms with van der Waals surface area (Å²) in [7, 11) is 0. The van der Waals surface area contributed by atoms with E-state index in [1.807, 2.05) is 4.90 Å². The van der Waals surface area contributed by atoms with Gasteiger partial charge in [0.05, 0.1) is 25.0 Å². The number of aromatic nitrogens is 3. The molecule has 2 aromatic heterocycles. The number of rotatable bonds is 8. The molecule has 37 heavy (non-hydrogen) atoms. The Balaban J connectivity index is 1.33. The lowest BCUT2D eigenvalue weighted by molar-refractivity contribution is 0.0697. The first-order valence-electron chi connectivity index (χ1n) is 11.4. The summed E-state index contributed by atoms with van der Waals surface area (Å²) >= 11 is 0. The smallest absolute Gasteiger partial charge is 0.335 e. The van der Waals surface area contributed by atoms with Gasteiger partial charge in [-0.05, 0) is 48.5 Å². The Bertz CT molecular complexity index is 1420. The quantitative estimate of drug-likeness (QED) is 0.239. The Morgan fingerprint density at radius 2 is 1.81 bits per heavy atom. The van der Waals surface area contributed by atoms with Crippen molar-refractivity contribution in [3.63, 3.8) is 0 Å². The summed E-state index contributed by atoms with van der Waals surface area (Å²) in [5, 5.41) is 16.4. The molecule has 188 valence electrons. The minimum atomic E-state index is -1.01. The second-order valence-electron chi connectivity index (χ2n) is 7.97. The van der Waals surface area contributed by atoms with E-state index >= 15 is 0 Å². The molecule has 2 aromatic carbocycles. The summed E-state index contributed by atoms with van der Waals surface area (Å²) in [4.78, 5) is 26.5. The van der Waals surface area contributed by atoms with Gasteiger partial charge in [-0.15, -0.1) is 0 Å². The second-order valence-corrected chi connectivity index (χ2v) is 7.97. The molecular weight excluding hydrogens is 481 g/mol. The maximum atomic E-state index is 13.3. The van der Waals surface area contributed by atoms with E-state index in [9.17, 15) is 14.3 Å². The van der Waals surface area contributed by atoms with Crippen molar-refractivity contribution in [1.29, 1.82) is 0 Å². The van der Waals surface area contributed by atoms with Crippen LogP contribution in [-0.4, -0.2) is 58.5 Å². The lowest BCUT2D eigenvalue weighted by atomic mass is 10.1. The Morgan fingerprint density at radius 3 is 2.59 bits per heavy atom. The predicted molar refractivity (Wildman–Crippen MR) is 135 cm³/mol. The molecule has 1 saturated heterocycles. The standard InChI is InChI=1S/C25H22FN7O4/c26-18-4-6-19(7-5-18)28-23-29-24(31-25(30-23)33-10-12-36-13-11-33)32-27-15-20-8-9-21(37-20)16-2-1-3-17(14-16)22(34)35/h1-9,14-15H,10-13H2,(H,34,35)(H2,28,29,30,31,32)/b27-15-. The Morgan fingerprint density at radius 1 is 1.03 bits per heavy atom. The molecular formula is C25H22FN7O4. The Labute approximate surface area is 210 Å². The van der Waals surface area contributed by atoms with Gasteiger partial charge in [0, 0.05) is 24.3 Å². The summed E-state index contributed by atoms with van der Waals surface area (Å²) in [6.45, 7) is 2.37. The number of aromatic carboxylic acids is 1. The summed E-state index contributed by atoms with van der Waals surface area (Å²) in [6.07, 6.45) is 1.45. The minimum absolute atomic E-state index is 0.168. The van der Waals surface area contributed by atoms with E-state index in [1.54, 1.807) is 36.4 Å². The van der Waals surface area contributed by atoms with Crippen LogP contribution in [0.5, 0.6) is 0 Å². The molecule has 5 rings (SSSR count). The zero-order chi connectivity index (χ0) is 25.6. The molecule has 0 bridgehead atoms. The van der Waals surface area contributed by atoms with Gasteiger partial charge in [0.25, 0.3) is 0 Å². The zero-order valence-corrected chi connectivity index (χ0v) is 19.5. The van der Waals surface area contributed by atoms with Gasteiger partial charge in [-0.2, -0.15) is 20.1 Å². The average molecular weight is 503 g/mol. The number of nitrogens with zero attached hydrogens (tertiary/aromatic N) is 5. The van der Waals surface area contributed by atoms with Crippen molar-refractivity contribution >= 4 is 35.7 Å². The molecule has 4 aromatic rings. The van der Waals surface area contributed by atoms with Crippen LogP contribution in [0.1, 0.15) is 16.1 Å². The first-order chi connectivity index (χ1) is 18.0. The second kappa shape index (κ2) is 10.8. The largest absolute Gasteiger partial charge is 0.478 e. The van der Waals surface area contributed by atoms with Crippen LogP contribution in [-0.2, 0) is 4.74 Å². The van der Waals surface area contributed by atoms with E-state index in [0.717, 1.165) is 0 Å². The number of carboxylic acid groups (broad SMARTS) is 1. The highest BCUT2D eigenvalue weighted by atomic mass is 19.1. The van der Waals surface area contributed by atoms with Gasteiger partial charge in [-0.25, -0.2) is 14.6 Å². The number of morpholine rings is 1. The number of halogens is 1. The highest BCUT2D eigenvalue weighted by molar-refractivity contribution is 5.89. The lowest BCUT2D eigenvalue weighted by Gasteiger charge is -2.27. The molecule has 1 aliphatic rings. The number of anilines is 4. The topological polar surface area (TPSA) is 138 Å². The van der Waals surface area contributed by atoms with E-state index in [0.29, 0.717) is 55.0 Å². The van der Waals surface area contributed by atoms with Gasteiger partial charge in [0.15, 0.2) is 0 Å². The third-order valence-corrected chi connectivity index (χ3v) is 5.40. The number of benzene rings is 2. The maximum Gasteiger partial charge on any atom is 0.335 e. The van der Waals surface area contributed by atoms with Crippen molar-refractivity contribution < 1.29 is 23.4 Å². The predicted octanol–water partition coefficient (Wildman–Crippen LogP) is 4.00. The van der Waals surface area contributed by atoms with E-state index in [4.69, 9.17) is 9.15 Å². The minimum Gasteiger partial charge on any atom is -0.478 e. The summed E-state index contributed by atoms with van der Waals surface area (Å²) in [5.41, 5.74) is 4.21. The number of hydrazone groups is 1. The zero-order valence-electron chi connectivity index (χ0n) is 19.5. The molecule has 1 aliphatic heterocycles. The van der Waals surface area contributed by atoms with Crippen LogP contribution in [0.25, 0.3) is 11.3 Å². The first-order valence-corrected chi connectivity index (χ1v) is 11.4. The van der Waals surface area contributed by atoms with Crippen LogP contribution >= 0.6 is 0 Å². The molecule has 0 amide bonds. The van der Waals surface area contributed by atoms with E-state index in [-0.39, 0.29) is 23.3 Å². The van der Waals surface area contributed by atoms with E-state index in [2.05, 4.69) is 30.8 Å². The number of carbonyl (C=O) groups is 1. The van der Waals surface area contributed by atoms with Crippen LogP contribution in [0.4, 0.5) is 27.9 Å². The Kier molecular flexibility index (Phi) is 6.99. The highest BCUT2D eigenvalue weighted by Gasteiger charge is 2.17. The average Bonchev–Trinajstić information content (AvgIpc) is 3.39. The van der Waals surface area contributed by atoms with Crippen LogP contribution in [0.2, 0.25) is 0 Å². The fourth-order valence-corrected chi connectivity index (χ4v) is 3.57. The molecule has 11 nitrogen and oxygen atoms in total. The number of hydrogen-bond acceptors (Lipinski definition) is 10. The number of carboxylic acids is 1. The third-order valence-electron chi connectivity index (χ3n) is 5.40. The Hall–Kier alpha value is -4.84. The molecule has 3 N–H and O–H groups in total. The number of furan rings is 1. The van der Waals surface area contributed by atoms with Crippen LogP contribution in [0.3, 0.4) is 0 Å². The highest BCUT2D eigenvalue weighted by Crippen LogP contribution is 2.23. The van der Waals surface area contributed by atoms with Crippen molar-refractivity contribution in [1.82, 2.24) is 15.0 Å². The van der Waals surface area contributed by atoms with Crippen LogP contribution < -0.4 is 15.6 Å². The number of ether oxygens (including phenoxy) is 1. The van der Waals surface area contributed by atoms with Crippen LogP contribution in [0, 0.1) is 5.82 Å². The fraction of sp³-hybridized carbons (Fsp3) is 0.160. The molecule has 1 fully saturated rings. The van der Waals surface area contributed by atoms with Gasteiger partial charge in [-0.3, -0.25) is 0 Å². The van der Waals surface area contributed by atoms with Gasteiger partial charge in [0.2, 0.25) is 17.8 Å². The number of hydrogen-bond donors (Lipinski definition) is 3. The van der Waals surface area contributed by atoms with E-state index in [1.165, 1.54) is 30.5 Å². The summed E-state index contributed by atoms with van der Waals surface area (Å²) in [6, 6.07) is 15.7. The molecule has 0 radical (unpaired) electrons. The summed E-state index contributed by atoms with van der Waals surface area (Å²) in [5.74, 6) is 0.487. The monoisotopic (exact) mass is 503 g/mol. The maximum absolute atomic E-state index is 13.3. The molecule has 0 saturated carbocycles. The molecule has 3 heterocycles. The molecule has 0 unspecified atom stereocenters. The van der Waals surface area contributed by atoms with Crippen molar-refractivity contribution in [3.05, 3.63) is 77.8 Å². The van der Waals surface area contributed by atoms with Gasteiger partial charge in [0.1, 0.15) is 17.3 Å². The van der Waals surface area contributed by atoms with Crippen molar-refractivity contribution in [2.45, 2.75) is 0 Å². The number of nitrogens with one attached hydrogen (secondary N) is 2. The van der Waals surface area contributed by atoms with Gasteiger partial charge < -0.3 is 24.5 Å². The van der Waals surface area contributed by atoms with Gasteiger partial charge >= 0.3 is 5.97 Å².